The molecule has 2 heterocycles. The Labute approximate surface area is 58.9 Å². The fourth-order valence-corrected chi connectivity index (χ4v) is 0.931. The van der Waals surface area contributed by atoms with Crippen molar-refractivity contribution in [2.45, 2.75) is 0 Å². The number of anilines is 1. The summed E-state index contributed by atoms with van der Waals surface area (Å²) in [5.74, 6) is 0.852. The highest BCUT2D eigenvalue weighted by atomic mass is 16.3. The summed E-state index contributed by atoms with van der Waals surface area (Å²) >= 11 is 0. The minimum absolute atomic E-state index is 0.852. The molecule has 0 aliphatic carbocycles. The van der Waals surface area contributed by atoms with Crippen LogP contribution in [-0.4, -0.2) is 6.54 Å². The third kappa shape index (κ3) is 0.757. The topological polar surface area (TPSA) is 28.4 Å². The molecule has 3 heteroatoms. The van der Waals surface area contributed by atoms with Gasteiger partial charge in [0.05, 0.1) is 12.8 Å². The second-order valence-electron chi connectivity index (χ2n) is 2.09. The van der Waals surface area contributed by atoms with E-state index < -0.39 is 0 Å². The Morgan fingerprint density at radius 1 is 1.60 bits per heavy atom. The van der Waals surface area contributed by atoms with E-state index >= 15 is 0 Å². The van der Waals surface area contributed by atoms with Crippen molar-refractivity contribution in [2.24, 2.45) is 0 Å². The van der Waals surface area contributed by atoms with Crippen LogP contribution in [0.15, 0.2) is 35.1 Å². The van der Waals surface area contributed by atoms with Crippen molar-refractivity contribution in [1.29, 1.82) is 0 Å². The van der Waals surface area contributed by atoms with Crippen LogP contribution < -0.4 is 10.4 Å². The Hall–Kier alpha value is -1.38. The van der Waals surface area contributed by atoms with Crippen LogP contribution in [-0.2, 0) is 0 Å². The van der Waals surface area contributed by atoms with Gasteiger partial charge in [-0.05, 0) is 12.1 Å². The summed E-state index contributed by atoms with van der Waals surface area (Å²) in [6.07, 6.45) is 5.58. The predicted molar refractivity (Wildman–Crippen MR) is 38.3 cm³/mol. The lowest BCUT2D eigenvalue weighted by Gasteiger charge is -2.13. The van der Waals surface area contributed by atoms with Gasteiger partial charge in [0, 0.05) is 12.3 Å². The zero-order chi connectivity index (χ0) is 6.81. The standard InChI is InChI=1S/C7H8N2O/c1-3-7(10-6-1)9-5-2-4-8-9/h1-4,6,8H,5H2. The van der Waals surface area contributed by atoms with Gasteiger partial charge >= 0.3 is 0 Å². The van der Waals surface area contributed by atoms with E-state index in [0.717, 1.165) is 12.4 Å². The Balaban J connectivity index is 2.14. The monoisotopic (exact) mass is 136 g/mol. The van der Waals surface area contributed by atoms with Crippen LogP contribution >= 0.6 is 0 Å². The quantitative estimate of drug-likeness (QED) is 0.627. The van der Waals surface area contributed by atoms with Crippen LogP contribution in [0.2, 0.25) is 0 Å². The van der Waals surface area contributed by atoms with Crippen molar-refractivity contribution in [3.05, 3.63) is 30.7 Å². The molecule has 0 fully saturated rings. The van der Waals surface area contributed by atoms with Crippen molar-refractivity contribution in [2.75, 3.05) is 11.6 Å². The number of nitrogens with one attached hydrogen (secondary N) is 1. The van der Waals surface area contributed by atoms with E-state index in [4.69, 9.17) is 4.42 Å². The van der Waals surface area contributed by atoms with Gasteiger partial charge in [-0.3, -0.25) is 5.01 Å². The van der Waals surface area contributed by atoms with Crippen LogP contribution in [0.4, 0.5) is 5.88 Å². The van der Waals surface area contributed by atoms with Gasteiger partial charge in [0.25, 0.3) is 0 Å². The maximum atomic E-state index is 5.14. The fourth-order valence-electron chi connectivity index (χ4n) is 0.931. The molecular weight excluding hydrogens is 128 g/mol. The van der Waals surface area contributed by atoms with Gasteiger partial charge < -0.3 is 9.84 Å². The zero-order valence-electron chi connectivity index (χ0n) is 5.45. The van der Waals surface area contributed by atoms with E-state index in [1.165, 1.54) is 0 Å². The van der Waals surface area contributed by atoms with Gasteiger partial charge in [-0.2, -0.15) is 0 Å². The first-order valence-corrected chi connectivity index (χ1v) is 3.19. The van der Waals surface area contributed by atoms with E-state index in [1.54, 1.807) is 6.26 Å². The van der Waals surface area contributed by atoms with Crippen molar-refractivity contribution >= 4 is 5.88 Å². The van der Waals surface area contributed by atoms with Crippen LogP contribution in [0.1, 0.15) is 0 Å². The molecule has 0 unspecified atom stereocenters. The van der Waals surface area contributed by atoms with Gasteiger partial charge in [-0.15, -0.1) is 0 Å². The first kappa shape index (κ1) is 5.41. The molecule has 3 nitrogen and oxygen atoms in total. The normalized spacial score (nSPS) is 15.8. The Morgan fingerprint density at radius 2 is 2.60 bits per heavy atom. The second kappa shape index (κ2) is 2.10. The van der Waals surface area contributed by atoms with Gasteiger partial charge in [0.1, 0.15) is 0 Å². The number of hydrogen-bond donors (Lipinski definition) is 1. The molecule has 0 saturated heterocycles. The number of hydrazine groups is 1. The predicted octanol–water partition coefficient (Wildman–Crippen LogP) is 1.12. The van der Waals surface area contributed by atoms with Crippen molar-refractivity contribution < 1.29 is 4.42 Å². The molecule has 0 atom stereocenters. The highest BCUT2D eigenvalue weighted by Gasteiger charge is 2.07. The first-order valence-electron chi connectivity index (χ1n) is 3.19. The summed E-state index contributed by atoms with van der Waals surface area (Å²) in [4.78, 5) is 0. The average Bonchev–Trinajstić information content (AvgIpc) is 2.59. The highest BCUT2D eigenvalue weighted by Crippen LogP contribution is 2.13. The van der Waals surface area contributed by atoms with E-state index in [2.05, 4.69) is 5.43 Å². The summed E-state index contributed by atoms with van der Waals surface area (Å²) in [7, 11) is 0. The third-order valence-corrected chi connectivity index (χ3v) is 1.41. The molecule has 2 rings (SSSR count). The fraction of sp³-hybridized carbons (Fsp3) is 0.143. The van der Waals surface area contributed by atoms with E-state index in [0.29, 0.717) is 0 Å². The lowest BCUT2D eigenvalue weighted by molar-refractivity contribution is 0.544. The van der Waals surface area contributed by atoms with Gasteiger partial charge in [-0.1, -0.05) is 0 Å². The van der Waals surface area contributed by atoms with Crippen LogP contribution in [0.25, 0.3) is 0 Å². The summed E-state index contributed by atoms with van der Waals surface area (Å²) in [6.45, 7) is 0.869. The van der Waals surface area contributed by atoms with Gasteiger partial charge in [0.15, 0.2) is 0 Å². The minimum Gasteiger partial charge on any atom is -0.447 e. The van der Waals surface area contributed by atoms with Gasteiger partial charge in [-0.25, -0.2) is 0 Å². The Bertz CT molecular complexity index is 220. The molecule has 1 aliphatic heterocycles. The SMILES string of the molecule is C1=CNN(c2ccco2)C1. The summed E-state index contributed by atoms with van der Waals surface area (Å²) in [5, 5.41) is 1.92. The number of hydrogen-bond acceptors (Lipinski definition) is 3. The maximum Gasteiger partial charge on any atom is 0.213 e. The molecule has 1 aliphatic rings. The molecule has 0 spiro atoms. The number of nitrogens with zero attached hydrogens (tertiary/aromatic N) is 1. The average molecular weight is 136 g/mol. The van der Waals surface area contributed by atoms with E-state index in [-0.39, 0.29) is 0 Å². The van der Waals surface area contributed by atoms with Crippen molar-refractivity contribution in [1.82, 2.24) is 5.43 Å². The number of rotatable bonds is 1. The first-order chi connectivity index (χ1) is 4.97. The summed E-state index contributed by atoms with van der Waals surface area (Å²) in [5.41, 5.74) is 3.02. The molecule has 1 aromatic rings. The molecule has 10 heavy (non-hydrogen) atoms. The molecule has 0 aromatic carbocycles. The molecule has 0 saturated carbocycles. The van der Waals surface area contributed by atoms with Crippen LogP contribution in [0, 0.1) is 0 Å². The third-order valence-electron chi connectivity index (χ3n) is 1.41. The highest BCUT2D eigenvalue weighted by molar-refractivity contribution is 5.36. The van der Waals surface area contributed by atoms with Crippen LogP contribution in [0.5, 0.6) is 0 Å². The summed E-state index contributed by atoms with van der Waals surface area (Å²) < 4.78 is 5.14. The largest absolute Gasteiger partial charge is 0.447 e. The smallest absolute Gasteiger partial charge is 0.213 e. The van der Waals surface area contributed by atoms with Crippen molar-refractivity contribution in [3.63, 3.8) is 0 Å². The molecule has 52 valence electrons. The second-order valence-corrected chi connectivity index (χ2v) is 2.09. The molecule has 1 aromatic heterocycles. The maximum absolute atomic E-state index is 5.14. The Kier molecular flexibility index (Phi) is 1.13. The lowest BCUT2D eigenvalue weighted by atomic mass is 10.5. The molecule has 0 bridgehead atoms. The van der Waals surface area contributed by atoms with E-state index in [9.17, 15) is 0 Å². The van der Waals surface area contributed by atoms with E-state index in [1.807, 2.05) is 29.4 Å². The summed E-state index contributed by atoms with van der Waals surface area (Å²) in [6, 6.07) is 3.79. The molecule has 0 amide bonds. The zero-order valence-corrected chi connectivity index (χ0v) is 5.45. The molecular formula is C7H8N2O. The van der Waals surface area contributed by atoms with Gasteiger partial charge in [0.2, 0.25) is 5.88 Å². The minimum atomic E-state index is 0.852. The Morgan fingerprint density at radius 3 is 3.20 bits per heavy atom. The van der Waals surface area contributed by atoms with Crippen LogP contribution in [0.3, 0.4) is 0 Å². The molecule has 1 N–H and O–H groups in total. The number of furan rings is 1. The molecule has 0 radical (unpaired) electrons. The lowest BCUT2D eigenvalue weighted by Crippen LogP contribution is -2.28. The van der Waals surface area contributed by atoms with Crippen molar-refractivity contribution in [3.8, 4) is 0 Å².